The van der Waals surface area contributed by atoms with Crippen molar-refractivity contribution >= 4 is 58.0 Å². The Balaban J connectivity index is 0.000000180. The number of halogens is 1. The van der Waals surface area contributed by atoms with Gasteiger partial charge in [0.15, 0.2) is 0 Å². The molecule has 306 valence electrons. The summed E-state index contributed by atoms with van der Waals surface area (Å²) < 4.78 is 5.23. The zero-order valence-corrected chi connectivity index (χ0v) is 34.3. The molecule has 2 N–H and O–H groups in total. The third kappa shape index (κ3) is 9.74. The first-order valence-corrected chi connectivity index (χ1v) is 21.0. The molecule has 2 aliphatic heterocycles. The Morgan fingerprint density at radius 2 is 0.983 bits per heavy atom. The number of hydrogen-bond donors (Lipinski definition) is 2. The summed E-state index contributed by atoms with van der Waals surface area (Å²) in [6, 6.07) is 33.2. The molecular formula is C47H51ClN6O5. The fraction of sp³-hybridized carbons (Fsp3) is 0.362. The fourth-order valence-corrected chi connectivity index (χ4v) is 8.65. The minimum atomic E-state index is -0.653. The summed E-state index contributed by atoms with van der Waals surface area (Å²) >= 11 is 5.92. The van der Waals surface area contributed by atoms with Crippen LogP contribution in [0.1, 0.15) is 88.2 Å². The van der Waals surface area contributed by atoms with Crippen LogP contribution in [0.15, 0.2) is 119 Å². The Labute approximate surface area is 350 Å². The van der Waals surface area contributed by atoms with Crippen LogP contribution in [-0.4, -0.2) is 76.4 Å². The van der Waals surface area contributed by atoms with E-state index in [1.54, 1.807) is 41.2 Å². The molecule has 0 bridgehead atoms. The van der Waals surface area contributed by atoms with E-state index in [2.05, 4.69) is 10.6 Å². The first-order valence-electron chi connectivity index (χ1n) is 20.6. The van der Waals surface area contributed by atoms with Crippen molar-refractivity contribution in [1.29, 1.82) is 0 Å². The number of nitrogens with one attached hydrogen (secondary N) is 2. The first-order chi connectivity index (χ1) is 28.7. The number of methoxy groups -OCH3 is 1. The topological polar surface area (TPSA) is 133 Å². The van der Waals surface area contributed by atoms with Crippen LogP contribution in [0.25, 0.3) is 0 Å². The molecule has 59 heavy (non-hydrogen) atoms. The highest BCUT2D eigenvalue weighted by Gasteiger charge is 2.49. The molecule has 4 aromatic carbocycles. The summed E-state index contributed by atoms with van der Waals surface area (Å²) in [5.74, 6) is -0.0500. The summed E-state index contributed by atoms with van der Waals surface area (Å²) in [7, 11) is 1.61. The molecule has 0 radical (unpaired) electrons. The van der Waals surface area contributed by atoms with Gasteiger partial charge in [0.1, 0.15) is 41.6 Å². The van der Waals surface area contributed by atoms with E-state index in [-0.39, 0.29) is 36.7 Å². The lowest BCUT2D eigenvalue weighted by molar-refractivity contribution is -0.133. The Morgan fingerprint density at radius 3 is 1.42 bits per heavy atom. The van der Waals surface area contributed by atoms with E-state index >= 15 is 0 Å². The van der Waals surface area contributed by atoms with Crippen LogP contribution in [0.3, 0.4) is 0 Å². The molecule has 2 fully saturated rings. The smallest absolute Gasteiger partial charge is 0.275 e. The molecule has 4 amide bonds. The molecular weight excluding hydrogens is 764 g/mol. The second-order valence-corrected chi connectivity index (χ2v) is 16.0. The van der Waals surface area contributed by atoms with Gasteiger partial charge in [-0.3, -0.25) is 29.2 Å². The maximum Gasteiger partial charge on any atom is 0.275 e. The number of benzene rings is 4. The van der Waals surface area contributed by atoms with E-state index in [0.717, 1.165) is 99.6 Å². The van der Waals surface area contributed by atoms with Crippen molar-refractivity contribution in [2.75, 3.05) is 30.8 Å². The predicted molar refractivity (Wildman–Crippen MR) is 232 cm³/mol. The van der Waals surface area contributed by atoms with Crippen molar-refractivity contribution in [1.82, 2.24) is 9.80 Å². The minimum absolute atomic E-state index is 0.0214. The summed E-state index contributed by atoms with van der Waals surface area (Å²) in [5, 5.41) is 6.36. The number of para-hydroxylation sites is 1. The minimum Gasteiger partial charge on any atom is -0.497 e. The molecule has 11 nitrogen and oxygen atoms in total. The van der Waals surface area contributed by atoms with Gasteiger partial charge in [-0.15, -0.1) is 0 Å². The number of ether oxygens (including phenoxy) is 1. The van der Waals surface area contributed by atoms with Gasteiger partial charge >= 0.3 is 0 Å². The van der Waals surface area contributed by atoms with Gasteiger partial charge in [-0.1, -0.05) is 85.8 Å². The number of aliphatic imine (C=N–C) groups is 2. The van der Waals surface area contributed by atoms with Crippen LogP contribution in [0.4, 0.5) is 11.4 Å². The van der Waals surface area contributed by atoms with Crippen molar-refractivity contribution in [2.24, 2.45) is 9.98 Å². The molecule has 4 aliphatic rings. The van der Waals surface area contributed by atoms with Gasteiger partial charge in [0.2, 0.25) is 11.8 Å². The van der Waals surface area contributed by atoms with Crippen molar-refractivity contribution in [3.63, 3.8) is 0 Å². The molecule has 0 atom stereocenters. The van der Waals surface area contributed by atoms with Crippen LogP contribution in [0.2, 0.25) is 5.02 Å². The Hall–Kier alpha value is -5.81. The highest BCUT2D eigenvalue weighted by atomic mass is 35.5. The van der Waals surface area contributed by atoms with Gasteiger partial charge in [-0.2, -0.15) is 0 Å². The van der Waals surface area contributed by atoms with Crippen LogP contribution in [0, 0.1) is 0 Å². The van der Waals surface area contributed by atoms with Crippen molar-refractivity contribution in [3.8, 4) is 5.75 Å². The predicted octanol–water partition coefficient (Wildman–Crippen LogP) is 8.68. The van der Waals surface area contributed by atoms with Gasteiger partial charge in [-0.05, 0) is 112 Å². The quantitative estimate of drug-likeness (QED) is 0.175. The Bertz CT molecular complexity index is 2160. The summed E-state index contributed by atoms with van der Waals surface area (Å²) in [5.41, 5.74) is 2.61. The number of carbonyl (C=O) groups is 4. The Morgan fingerprint density at radius 1 is 0.576 bits per heavy atom. The molecule has 12 heteroatoms. The molecule has 2 aliphatic carbocycles. The molecule has 0 aromatic heterocycles. The maximum atomic E-state index is 13.4. The molecule has 2 heterocycles. The van der Waals surface area contributed by atoms with Gasteiger partial charge in [0.05, 0.1) is 7.11 Å². The normalized spacial score (nSPS) is 18.3. The molecule has 2 saturated carbocycles. The van der Waals surface area contributed by atoms with Gasteiger partial charge in [0.25, 0.3) is 11.8 Å². The average molecular weight is 815 g/mol. The monoisotopic (exact) mass is 814 g/mol. The summed E-state index contributed by atoms with van der Waals surface area (Å²) in [4.78, 5) is 65.6. The second-order valence-electron chi connectivity index (χ2n) is 15.6. The van der Waals surface area contributed by atoms with E-state index in [4.69, 9.17) is 26.3 Å². The van der Waals surface area contributed by atoms with Gasteiger partial charge < -0.3 is 25.2 Å². The molecule has 0 unspecified atom stereocenters. The Kier molecular flexibility index (Phi) is 13.2. The molecule has 0 saturated heterocycles. The van der Waals surface area contributed by atoms with Crippen molar-refractivity contribution < 1.29 is 23.9 Å². The van der Waals surface area contributed by atoms with Crippen molar-refractivity contribution in [2.45, 2.75) is 88.4 Å². The average Bonchev–Trinajstić information content (AvgIpc) is 3.44. The zero-order chi connectivity index (χ0) is 41.2. The van der Waals surface area contributed by atoms with Crippen molar-refractivity contribution in [3.05, 3.63) is 125 Å². The van der Waals surface area contributed by atoms with E-state index in [1.807, 2.05) is 84.9 Å². The standard InChI is InChI=1S/C24H26ClN3O3.C23H25N3O2/c1-31-20-12-6-17(7-13-20)22-23(30)28(24(27-22)14-4-2-3-5-15-24)16-21(29)26-19-10-8-18(25)9-11-19;27-20(24-19-13-7-4-8-14-19)17-26-22(28)21(18-11-5-3-6-12-18)25-23(26)15-9-1-2-10-16-23/h6-13H,2-5,14-16H2,1H3,(H,26,29);3-8,11-14H,1-2,9-10,15-17H2,(H,24,27). The van der Waals surface area contributed by atoms with E-state index in [9.17, 15) is 19.2 Å². The molecule has 2 spiro atoms. The van der Waals surface area contributed by atoms with Crippen LogP contribution in [-0.2, 0) is 19.2 Å². The number of carbonyl (C=O) groups excluding carboxylic acids is 4. The van der Waals surface area contributed by atoms with Crippen LogP contribution in [0.5, 0.6) is 5.75 Å². The highest BCUT2D eigenvalue weighted by molar-refractivity contribution is 6.47. The fourth-order valence-electron chi connectivity index (χ4n) is 8.52. The largest absolute Gasteiger partial charge is 0.497 e. The lowest BCUT2D eigenvalue weighted by atomic mass is 10.00. The van der Waals surface area contributed by atoms with E-state index in [1.165, 1.54) is 0 Å². The van der Waals surface area contributed by atoms with Crippen LogP contribution < -0.4 is 15.4 Å². The van der Waals surface area contributed by atoms with Gasteiger partial charge in [0, 0.05) is 27.5 Å². The SMILES string of the molecule is COc1ccc(C2=NC3(CCCCCC3)N(CC(=O)Nc3ccc(Cl)cc3)C2=O)cc1.O=C(CN1C(=O)C(c2ccccc2)=NC12CCCCCC2)Nc1ccccc1. The number of hydrogen-bond acceptors (Lipinski definition) is 7. The maximum absolute atomic E-state index is 13.4. The lowest BCUT2D eigenvalue weighted by Crippen LogP contribution is -2.50. The second kappa shape index (κ2) is 18.8. The third-order valence-corrected chi connectivity index (χ3v) is 11.8. The third-order valence-electron chi connectivity index (χ3n) is 11.5. The van der Waals surface area contributed by atoms with Crippen LogP contribution >= 0.6 is 11.6 Å². The van der Waals surface area contributed by atoms with Gasteiger partial charge in [-0.25, -0.2) is 0 Å². The number of rotatable bonds is 9. The zero-order valence-electron chi connectivity index (χ0n) is 33.5. The molecule has 4 aromatic rings. The molecule has 8 rings (SSSR count). The summed E-state index contributed by atoms with van der Waals surface area (Å²) in [6.07, 6.45) is 11.7. The first kappa shape index (κ1) is 41.4. The highest BCUT2D eigenvalue weighted by Crippen LogP contribution is 2.40. The lowest BCUT2D eigenvalue weighted by Gasteiger charge is -2.35. The van der Waals surface area contributed by atoms with E-state index < -0.39 is 11.3 Å². The summed E-state index contributed by atoms with van der Waals surface area (Å²) in [6.45, 7) is -0.0157. The van der Waals surface area contributed by atoms with E-state index in [0.29, 0.717) is 22.1 Å². The number of amides is 4. The number of nitrogens with zero attached hydrogens (tertiary/aromatic N) is 4. The number of anilines is 2.